The van der Waals surface area contributed by atoms with Crippen LogP contribution in [-0.4, -0.2) is 19.1 Å². The molecule has 2 rings (SSSR count). The highest BCUT2D eigenvalue weighted by Crippen LogP contribution is 2.36. The molecule has 0 heterocycles. The molecule has 2 heteroatoms. The number of hydrogen-bond acceptors (Lipinski definition) is 2. The molecule has 0 aliphatic heterocycles. The highest BCUT2D eigenvalue weighted by atomic mass is 15.2. The Kier molecular flexibility index (Phi) is 5.26. The van der Waals surface area contributed by atoms with Crippen molar-refractivity contribution in [3.63, 3.8) is 0 Å². The lowest BCUT2D eigenvalue weighted by Crippen LogP contribution is -2.30. The van der Waals surface area contributed by atoms with Crippen molar-refractivity contribution >= 4 is 5.69 Å². The first-order chi connectivity index (χ1) is 9.31. The van der Waals surface area contributed by atoms with E-state index in [1.807, 2.05) is 0 Å². The van der Waals surface area contributed by atoms with Gasteiger partial charge in [0.1, 0.15) is 0 Å². The molecular weight excluding hydrogens is 232 g/mol. The predicted octanol–water partition coefficient (Wildman–Crippen LogP) is 4.13. The summed E-state index contributed by atoms with van der Waals surface area (Å²) in [6.07, 6.45) is 5.11. The summed E-state index contributed by atoms with van der Waals surface area (Å²) >= 11 is 0. The first-order valence-corrected chi connectivity index (χ1v) is 7.90. The van der Waals surface area contributed by atoms with Crippen molar-refractivity contribution in [1.82, 2.24) is 5.32 Å². The summed E-state index contributed by atoms with van der Waals surface area (Å²) in [7, 11) is 0. The standard InChI is InChI=1S/C17H28N2/c1-4-13-19(14-11-12-14)17-10-8-7-9-15(17)16(5-2)18-6-3/h7-10,14,16,18H,4-6,11-13H2,1-3H3. The van der Waals surface area contributed by atoms with Crippen LogP contribution >= 0.6 is 0 Å². The molecule has 1 unspecified atom stereocenters. The fraction of sp³-hybridized carbons (Fsp3) is 0.647. The lowest BCUT2D eigenvalue weighted by molar-refractivity contribution is 0.535. The highest BCUT2D eigenvalue weighted by molar-refractivity contribution is 5.56. The van der Waals surface area contributed by atoms with E-state index in [9.17, 15) is 0 Å². The second-order valence-corrected chi connectivity index (χ2v) is 5.50. The van der Waals surface area contributed by atoms with E-state index in [1.54, 1.807) is 0 Å². The normalized spacial score (nSPS) is 16.4. The molecule has 0 spiro atoms. The van der Waals surface area contributed by atoms with E-state index in [2.05, 4.69) is 55.3 Å². The molecule has 1 aromatic rings. The van der Waals surface area contributed by atoms with Crippen LogP contribution in [0.3, 0.4) is 0 Å². The maximum atomic E-state index is 3.62. The van der Waals surface area contributed by atoms with E-state index >= 15 is 0 Å². The zero-order valence-electron chi connectivity index (χ0n) is 12.7. The number of hydrogen-bond donors (Lipinski definition) is 1. The maximum Gasteiger partial charge on any atom is 0.0417 e. The monoisotopic (exact) mass is 260 g/mol. The summed E-state index contributed by atoms with van der Waals surface area (Å²) in [6, 6.07) is 10.2. The van der Waals surface area contributed by atoms with Gasteiger partial charge in [-0.25, -0.2) is 0 Å². The van der Waals surface area contributed by atoms with Crippen molar-refractivity contribution in [1.29, 1.82) is 0 Å². The summed E-state index contributed by atoms with van der Waals surface area (Å²) in [5.41, 5.74) is 2.94. The average molecular weight is 260 g/mol. The molecule has 1 N–H and O–H groups in total. The molecule has 0 saturated heterocycles. The first-order valence-electron chi connectivity index (χ1n) is 7.90. The van der Waals surface area contributed by atoms with Gasteiger partial charge in [-0.2, -0.15) is 0 Å². The minimum absolute atomic E-state index is 0.485. The van der Waals surface area contributed by atoms with Gasteiger partial charge in [0.05, 0.1) is 0 Å². The molecule has 1 aromatic carbocycles. The van der Waals surface area contributed by atoms with Gasteiger partial charge in [-0.1, -0.05) is 39.0 Å². The fourth-order valence-corrected chi connectivity index (χ4v) is 2.89. The van der Waals surface area contributed by atoms with Gasteiger partial charge in [-0.05, 0) is 43.9 Å². The van der Waals surface area contributed by atoms with Crippen LogP contribution in [0, 0.1) is 0 Å². The summed E-state index contributed by atoms with van der Waals surface area (Å²) in [4.78, 5) is 2.63. The zero-order valence-corrected chi connectivity index (χ0v) is 12.7. The number of rotatable bonds is 8. The second-order valence-electron chi connectivity index (χ2n) is 5.50. The molecule has 0 bridgehead atoms. The van der Waals surface area contributed by atoms with Gasteiger partial charge < -0.3 is 10.2 Å². The summed E-state index contributed by atoms with van der Waals surface area (Å²) in [5, 5.41) is 3.62. The maximum absolute atomic E-state index is 3.62. The Hall–Kier alpha value is -1.02. The van der Waals surface area contributed by atoms with Crippen LogP contribution in [0.25, 0.3) is 0 Å². The fourth-order valence-electron chi connectivity index (χ4n) is 2.89. The number of nitrogens with zero attached hydrogens (tertiary/aromatic N) is 1. The molecule has 2 nitrogen and oxygen atoms in total. The molecule has 1 aliphatic carbocycles. The summed E-state index contributed by atoms with van der Waals surface area (Å²) in [6.45, 7) is 8.95. The number of anilines is 1. The van der Waals surface area contributed by atoms with E-state index in [0.29, 0.717) is 6.04 Å². The van der Waals surface area contributed by atoms with E-state index < -0.39 is 0 Å². The highest BCUT2D eigenvalue weighted by Gasteiger charge is 2.30. The molecular formula is C17H28N2. The Balaban J connectivity index is 2.27. The van der Waals surface area contributed by atoms with E-state index in [1.165, 1.54) is 37.1 Å². The third-order valence-corrected chi connectivity index (χ3v) is 3.93. The number of benzene rings is 1. The lowest BCUT2D eigenvalue weighted by atomic mass is 10.0. The SMILES string of the molecule is CCCN(c1ccccc1C(CC)NCC)C1CC1. The van der Waals surface area contributed by atoms with Gasteiger partial charge >= 0.3 is 0 Å². The van der Waals surface area contributed by atoms with E-state index in [4.69, 9.17) is 0 Å². The van der Waals surface area contributed by atoms with Crippen molar-refractivity contribution in [2.75, 3.05) is 18.0 Å². The Morgan fingerprint density at radius 1 is 1.21 bits per heavy atom. The molecule has 0 amide bonds. The molecule has 1 atom stereocenters. The van der Waals surface area contributed by atoms with Crippen molar-refractivity contribution in [2.45, 2.75) is 58.5 Å². The van der Waals surface area contributed by atoms with Gasteiger partial charge in [0, 0.05) is 24.3 Å². The predicted molar refractivity (Wildman–Crippen MR) is 83.8 cm³/mol. The van der Waals surface area contributed by atoms with Crippen LogP contribution in [0.5, 0.6) is 0 Å². The third-order valence-electron chi connectivity index (χ3n) is 3.93. The summed E-state index contributed by atoms with van der Waals surface area (Å²) < 4.78 is 0. The smallest absolute Gasteiger partial charge is 0.0417 e. The minimum Gasteiger partial charge on any atom is -0.368 e. The van der Waals surface area contributed by atoms with Crippen LogP contribution in [0.15, 0.2) is 24.3 Å². The Morgan fingerprint density at radius 3 is 2.53 bits per heavy atom. The topological polar surface area (TPSA) is 15.3 Å². The van der Waals surface area contributed by atoms with E-state index in [-0.39, 0.29) is 0 Å². The van der Waals surface area contributed by atoms with Gasteiger partial charge in [0.2, 0.25) is 0 Å². The molecule has 0 radical (unpaired) electrons. The largest absolute Gasteiger partial charge is 0.368 e. The Bertz CT molecular complexity index is 385. The van der Waals surface area contributed by atoms with Crippen LogP contribution in [0.1, 0.15) is 58.1 Å². The minimum atomic E-state index is 0.485. The van der Waals surface area contributed by atoms with E-state index in [0.717, 1.165) is 19.0 Å². The van der Waals surface area contributed by atoms with Crippen molar-refractivity contribution in [3.8, 4) is 0 Å². The molecule has 1 aliphatic rings. The van der Waals surface area contributed by atoms with Crippen molar-refractivity contribution in [3.05, 3.63) is 29.8 Å². The molecule has 1 fully saturated rings. The van der Waals surface area contributed by atoms with Gasteiger partial charge in [0.15, 0.2) is 0 Å². The van der Waals surface area contributed by atoms with Crippen molar-refractivity contribution in [2.24, 2.45) is 0 Å². The number of para-hydroxylation sites is 1. The first kappa shape index (κ1) is 14.4. The Labute approximate surface area is 118 Å². The molecule has 106 valence electrons. The molecule has 0 aromatic heterocycles. The summed E-state index contributed by atoms with van der Waals surface area (Å²) in [5.74, 6) is 0. The third kappa shape index (κ3) is 3.50. The quantitative estimate of drug-likeness (QED) is 0.756. The second kappa shape index (κ2) is 6.95. The Morgan fingerprint density at radius 2 is 1.95 bits per heavy atom. The number of nitrogens with one attached hydrogen (secondary N) is 1. The zero-order chi connectivity index (χ0) is 13.7. The van der Waals surface area contributed by atoms with Crippen LogP contribution in [0.2, 0.25) is 0 Å². The van der Waals surface area contributed by atoms with Crippen LogP contribution in [0.4, 0.5) is 5.69 Å². The lowest BCUT2D eigenvalue weighted by Gasteiger charge is -2.29. The van der Waals surface area contributed by atoms with Gasteiger partial charge in [0.25, 0.3) is 0 Å². The van der Waals surface area contributed by atoms with Crippen LogP contribution in [-0.2, 0) is 0 Å². The van der Waals surface area contributed by atoms with Gasteiger partial charge in [-0.15, -0.1) is 0 Å². The average Bonchev–Trinajstić information content (AvgIpc) is 3.27. The van der Waals surface area contributed by atoms with Crippen LogP contribution < -0.4 is 10.2 Å². The van der Waals surface area contributed by atoms with Gasteiger partial charge in [-0.3, -0.25) is 0 Å². The molecule has 1 saturated carbocycles. The van der Waals surface area contributed by atoms with Crippen molar-refractivity contribution < 1.29 is 0 Å². The molecule has 19 heavy (non-hydrogen) atoms.